The van der Waals surface area contributed by atoms with E-state index in [0.29, 0.717) is 5.56 Å². The van der Waals surface area contributed by atoms with E-state index in [9.17, 15) is 13.2 Å². The first-order chi connectivity index (χ1) is 8.76. The molecular formula is C12H16F3N3O. The highest BCUT2D eigenvalue weighted by Gasteiger charge is 2.32. The van der Waals surface area contributed by atoms with Crippen LogP contribution in [-0.2, 0) is 0 Å². The molecule has 0 heterocycles. The number of rotatable bonds is 5. The van der Waals surface area contributed by atoms with Gasteiger partial charge in [-0.3, -0.25) is 5.41 Å². The van der Waals surface area contributed by atoms with Crippen molar-refractivity contribution in [2.24, 2.45) is 5.73 Å². The van der Waals surface area contributed by atoms with Crippen LogP contribution >= 0.6 is 0 Å². The summed E-state index contributed by atoms with van der Waals surface area (Å²) in [5, 5.41) is 16.4. The van der Waals surface area contributed by atoms with E-state index in [1.54, 1.807) is 19.1 Å². The van der Waals surface area contributed by atoms with Gasteiger partial charge in [0, 0.05) is 12.1 Å². The molecule has 0 atom stereocenters. The minimum absolute atomic E-state index is 0.176. The van der Waals surface area contributed by atoms with Gasteiger partial charge in [0.1, 0.15) is 12.4 Å². The molecule has 4 nitrogen and oxygen atoms in total. The third kappa shape index (κ3) is 4.13. The van der Waals surface area contributed by atoms with Gasteiger partial charge in [0.05, 0.1) is 12.3 Å². The summed E-state index contributed by atoms with van der Waals surface area (Å²) in [6.45, 7) is -0.145. The molecule has 0 spiro atoms. The zero-order valence-corrected chi connectivity index (χ0v) is 10.5. The van der Waals surface area contributed by atoms with Crippen LogP contribution in [0.2, 0.25) is 0 Å². The molecule has 0 aliphatic carbocycles. The molecule has 0 aromatic heterocycles. The first-order valence-corrected chi connectivity index (χ1v) is 5.63. The Hall–Kier alpha value is -1.76. The van der Waals surface area contributed by atoms with Gasteiger partial charge in [-0.05, 0) is 18.6 Å². The Morgan fingerprint density at radius 2 is 2.05 bits per heavy atom. The molecule has 0 unspecified atom stereocenters. The SMILES string of the molecule is Cc1cccc(C(=N)N)c1N(CCO)CC(F)(F)F. The van der Waals surface area contributed by atoms with Crippen LogP contribution in [0, 0.1) is 12.3 Å². The summed E-state index contributed by atoms with van der Waals surface area (Å²) in [5.41, 5.74) is 6.44. The van der Waals surface area contributed by atoms with Crippen molar-refractivity contribution >= 4 is 11.5 Å². The minimum atomic E-state index is -4.40. The van der Waals surface area contributed by atoms with Crippen LogP contribution in [-0.4, -0.2) is 36.8 Å². The molecule has 0 amide bonds. The van der Waals surface area contributed by atoms with Crippen LogP contribution < -0.4 is 10.6 Å². The quantitative estimate of drug-likeness (QED) is 0.565. The molecule has 0 fully saturated rings. The fraction of sp³-hybridized carbons (Fsp3) is 0.417. The Bertz CT molecular complexity index is 460. The fourth-order valence-electron chi connectivity index (χ4n) is 1.90. The second-order valence-corrected chi connectivity index (χ2v) is 4.15. The van der Waals surface area contributed by atoms with Crippen molar-refractivity contribution < 1.29 is 18.3 Å². The molecule has 0 bridgehead atoms. The van der Waals surface area contributed by atoms with Crippen LogP contribution in [0.1, 0.15) is 11.1 Å². The molecule has 0 aliphatic heterocycles. The predicted molar refractivity (Wildman–Crippen MR) is 67.5 cm³/mol. The first kappa shape index (κ1) is 15.3. The largest absolute Gasteiger partial charge is 0.405 e. The Balaban J connectivity index is 3.25. The zero-order valence-electron chi connectivity index (χ0n) is 10.5. The summed E-state index contributed by atoms with van der Waals surface area (Å²) >= 11 is 0. The summed E-state index contributed by atoms with van der Waals surface area (Å²) in [6.07, 6.45) is -4.40. The third-order valence-electron chi connectivity index (χ3n) is 2.58. The average molecular weight is 275 g/mol. The molecular weight excluding hydrogens is 259 g/mol. The standard InChI is InChI=1S/C12H16F3N3O/c1-8-3-2-4-9(11(16)17)10(8)18(5-6-19)7-12(13,14)15/h2-4,19H,5-7H2,1H3,(H3,16,17). The van der Waals surface area contributed by atoms with Gasteiger partial charge in [-0.15, -0.1) is 0 Å². The third-order valence-corrected chi connectivity index (χ3v) is 2.58. The monoisotopic (exact) mass is 275 g/mol. The number of aliphatic hydroxyl groups is 1. The number of alkyl halides is 3. The number of hydrogen-bond donors (Lipinski definition) is 3. The molecule has 4 N–H and O–H groups in total. The van der Waals surface area contributed by atoms with E-state index >= 15 is 0 Å². The van der Waals surface area contributed by atoms with Crippen molar-refractivity contribution in [3.8, 4) is 0 Å². The molecule has 1 aromatic rings. The van der Waals surface area contributed by atoms with Crippen molar-refractivity contribution in [3.63, 3.8) is 0 Å². The normalized spacial score (nSPS) is 11.4. The summed E-state index contributed by atoms with van der Waals surface area (Å²) in [6, 6.07) is 4.76. The number of amidine groups is 1. The molecule has 7 heteroatoms. The molecule has 0 saturated carbocycles. The van der Waals surface area contributed by atoms with Crippen molar-refractivity contribution in [2.45, 2.75) is 13.1 Å². The van der Waals surface area contributed by atoms with Crippen LogP contribution in [0.3, 0.4) is 0 Å². The lowest BCUT2D eigenvalue weighted by molar-refractivity contribution is -0.119. The van der Waals surface area contributed by atoms with E-state index in [2.05, 4.69) is 0 Å². The van der Waals surface area contributed by atoms with Crippen molar-refractivity contribution in [1.29, 1.82) is 5.41 Å². The van der Waals surface area contributed by atoms with Crippen LogP contribution in [0.15, 0.2) is 18.2 Å². The smallest absolute Gasteiger partial charge is 0.395 e. The molecule has 1 aromatic carbocycles. The van der Waals surface area contributed by atoms with Crippen molar-refractivity contribution in [3.05, 3.63) is 29.3 Å². The van der Waals surface area contributed by atoms with Gasteiger partial charge in [-0.1, -0.05) is 12.1 Å². The van der Waals surface area contributed by atoms with E-state index in [-0.39, 0.29) is 23.6 Å². The number of hydrogen-bond acceptors (Lipinski definition) is 3. The van der Waals surface area contributed by atoms with Gasteiger partial charge in [-0.2, -0.15) is 13.2 Å². The first-order valence-electron chi connectivity index (χ1n) is 5.63. The lowest BCUT2D eigenvalue weighted by Crippen LogP contribution is -2.38. The van der Waals surface area contributed by atoms with Gasteiger partial charge in [0.15, 0.2) is 0 Å². The number of nitrogens with one attached hydrogen (secondary N) is 1. The zero-order chi connectivity index (χ0) is 14.6. The fourth-order valence-corrected chi connectivity index (χ4v) is 1.90. The number of benzene rings is 1. The van der Waals surface area contributed by atoms with Crippen molar-refractivity contribution in [2.75, 3.05) is 24.6 Å². The second kappa shape index (κ2) is 5.92. The Morgan fingerprint density at radius 3 is 2.53 bits per heavy atom. The number of halogens is 3. The Labute approximate surface area is 109 Å². The highest BCUT2D eigenvalue weighted by atomic mass is 19.4. The number of aryl methyl sites for hydroxylation is 1. The topological polar surface area (TPSA) is 73.3 Å². The number of aliphatic hydroxyl groups excluding tert-OH is 1. The van der Waals surface area contributed by atoms with Gasteiger partial charge in [-0.25, -0.2) is 0 Å². The summed E-state index contributed by atoms with van der Waals surface area (Å²) in [7, 11) is 0. The average Bonchev–Trinajstić information content (AvgIpc) is 2.26. The molecule has 0 aliphatic rings. The van der Waals surface area contributed by atoms with Crippen molar-refractivity contribution in [1.82, 2.24) is 0 Å². The lowest BCUT2D eigenvalue weighted by Gasteiger charge is -2.28. The van der Waals surface area contributed by atoms with Gasteiger partial charge in [0.25, 0.3) is 0 Å². The number of nitrogen functional groups attached to an aromatic ring is 1. The molecule has 1 rings (SSSR count). The predicted octanol–water partition coefficient (Wildman–Crippen LogP) is 1.64. The molecule has 19 heavy (non-hydrogen) atoms. The lowest BCUT2D eigenvalue weighted by atomic mass is 10.1. The number of nitrogens with two attached hydrogens (primary N) is 1. The van der Waals surface area contributed by atoms with Gasteiger partial charge < -0.3 is 15.7 Å². The van der Waals surface area contributed by atoms with E-state index in [4.69, 9.17) is 16.2 Å². The maximum atomic E-state index is 12.6. The van der Waals surface area contributed by atoms with Crippen LogP contribution in [0.25, 0.3) is 0 Å². The van der Waals surface area contributed by atoms with Crippen LogP contribution in [0.5, 0.6) is 0 Å². The van der Waals surface area contributed by atoms with E-state index in [0.717, 1.165) is 4.90 Å². The summed E-state index contributed by atoms with van der Waals surface area (Å²) in [4.78, 5) is 0.992. The number of anilines is 1. The highest BCUT2D eigenvalue weighted by Crippen LogP contribution is 2.28. The maximum absolute atomic E-state index is 12.6. The Morgan fingerprint density at radius 1 is 1.42 bits per heavy atom. The summed E-state index contributed by atoms with van der Waals surface area (Å²) < 4.78 is 37.7. The van der Waals surface area contributed by atoms with Gasteiger partial charge in [0.2, 0.25) is 0 Å². The molecule has 0 saturated heterocycles. The van der Waals surface area contributed by atoms with E-state index in [1.807, 2.05) is 0 Å². The Kier molecular flexibility index (Phi) is 4.77. The molecule has 106 valence electrons. The summed E-state index contributed by atoms with van der Waals surface area (Å²) in [5.74, 6) is -0.302. The van der Waals surface area contributed by atoms with E-state index < -0.39 is 19.3 Å². The minimum Gasteiger partial charge on any atom is -0.395 e. The number of nitrogens with zero attached hydrogens (tertiary/aromatic N) is 1. The molecule has 0 radical (unpaired) electrons. The maximum Gasteiger partial charge on any atom is 0.405 e. The second-order valence-electron chi connectivity index (χ2n) is 4.15. The van der Waals surface area contributed by atoms with E-state index in [1.165, 1.54) is 6.07 Å². The van der Waals surface area contributed by atoms with Gasteiger partial charge >= 0.3 is 6.18 Å². The highest BCUT2D eigenvalue weighted by molar-refractivity contribution is 6.01. The van der Waals surface area contributed by atoms with Crippen LogP contribution in [0.4, 0.5) is 18.9 Å². The number of para-hydroxylation sites is 1.